The number of ether oxygens (including phenoxy) is 1. The van der Waals surface area contributed by atoms with Gasteiger partial charge in [-0.1, -0.05) is 6.07 Å². The molecule has 1 fully saturated rings. The third kappa shape index (κ3) is 3.37. The summed E-state index contributed by atoms with van der Waals surface area (Å²) < 4.78 is 5.93. The molecule has 2 aromatic rings. The molecule has 0 atom stereocenters. The highest BCUT2D eigenvalue weighted by atomic mass is 16.5. The van der Waals surface area contributed by atoms with Crippen LogP contribution in [0.15, 0.2) is 24.4 Å². The van der Waals surface area contributed by atoms with E-state index < -0.39 is 0 Å². The fourth-order valence-corrected chi connectivity index (χ4v) is 3.92. The molecule has 5 nitrogen and oxygen atoms in total. The minimum absolute atomic E-state index is 0.521. The van der Waals surface area contributed by atoms with E-state index in [0.29, 0.717) is 12.5 Å². The molecule has 0 N–H and O–H groups in total. The lowest BCUT2D eigenvalue weighted by Gasteiger charge is -2.33. The third-order valence-electron chi connectivity index (χ3n) is 5.48. The Balaban J connectivity index is 1.38. The highest BCUT2D eigenvalue weighted by molar-refractivity contribution is 5.57. The first-order valence-electron chi connectivity index (χ1n) is 9.47. The van der Waals surface area contributed by atoms with Crippen molar-refractivity contribution in [2.45, 2.75) is 39.0 Å². The van der Waals surface area contributed by atoms with Gasteiger partial charge >= 0.3 is 0 Å². The number of nitrogens with zero attached hydrogens (tertiary/aromatic N) is 4. The molecule has 134 valence electrons. The van der Waals surface area contributed by atoms with Crippen molar-refractivity contribution >= 4 is 5.82 Å². The summed E-state index contributed by atoms with van der Waals surface area (Å²) in [6, 6.07) is 8.36. The molecule has 0 amide bonds. The number of pyridine rings is 2. The topological polar surface area (TPSA) is 62.0 Å². The van der Waals surface area contributed by atoms with Crippen LogP contribution in [0.3, 0.4) is 0 Å². The summed E-state index contributed by atoms with van der Waals surface area (Å²) in [5.74, 6) is 2.14. The minimum Gasteiger partial charge on any atom is -0.477 e. The van der Waals surface area contributed by atoms with Crippen LogP contribution >= 0.6 is 0 Å². The zero-order valence-electron chi connectivity index (χ0n) is 15.2. The first-order valence-corrected chi connectivity index (χ1v) is 9.47. The summed E-state index contributed by atoms with van der Waals surface area (Å²) in [6.07, 6.45) is 7.13. The smallest absolute Gasteiger partial charge is 0.216 e. The van der Waals surface area contributed by atoms with Crippen LogP contribution in [0.4, 0.5) is 5.82 Å². The predicted octanol–water partition coefficient (Wildman–Crippen LogP) is 3.44. The molecule has 2 aromatic heterocycles. The number of anilines is 1. The van der Waals surface area contributed by atoms with Gasteiger partial charge in [0.1, 0.15) is 11.9 Å². The van der Waals surface area contributed by atoms with Gasteiger partial charge in [0.05, 0.1) is 12.2 Å². The van der Waals surface area contributed by atoms with Gasteiger partial charge in [0.2, 0.25) is 5.88 Å². The van der Waals surface area contributed by atoms with E-state index in [4.69, 9.17) is 9.72 Å². The average molecular weight is 348 g/mol. The van der Waals surface area contributed by atoms with Crippen LogP contribution in [0.1, 0.15) is 41.6 Å². The van der Waals surface area contributed by atoms with Crippen molar-refractivity contribution in [3.05, 3.63) is 46.8 Å². The first kappa shape index (κ1) is 16.8. The van der Waals surface area contributed by atoms with Crippen molar-refractivity contribution in [1.82, 2.24) is 9.97 Å². The van der Waals surface area contributed by atoms with Crippen molar-refractivity contribution in [3.8, 4) is 11.9 Å². The predicted molar refractivity (Wildman–Crippen MR) is 100 cm³/mol. The molecule has 5 heteroatoms. The van der Waals surface area contributed by atoms with Gasteiger partial charge in [-0.15, -0.1) is 0 Å². The Morgan fingerprint density at radius 1 is 1.31 bits per heavy atom. The maximum absolute atomic E-state index is 9.52. The van der Waals surface area contributed by atoms with Crippen molar-refractivity contribution in [2.75, 3.05) is 24.6 Å². The van der Waals surface area contributed by atoms with Crippen molar-refractivity contribution in [3.63, 3.8) is 0 Å². The molecule has 3 heterocycles. The third-order valence-corrected chi connectivity index (χ3v) is 5.48. The molecule has 1 aliphatic carbocycles. The van der Waals surface area contributed by atoms with E-state index in [1.165, 1.54) is 11.3 Å². The Morgan fingerprint density at radius 3 is 2.92 bits per heavy atom. The molecule has 0 unspecified atom stereocenters. The van der Waals surface area contributed by atoms with Gasteiger partial charge in [0, 0.05) is 30.5 Å². The maximum atomic E-state index is 9.52. The van der Waals surface area contributed by atoms with Gasteiger partial charge in [0.25, 0.3) is 0 Å². The zero-order valence-corrected chi connectivity index (χ0v) is 15.2. The molecule has 0 saturated carbocycles. The summed E-state index contributed by atoms with van der Waals surface area (Å²) in [7, 11) is 0. The number of aryl methyl sites for hydroxylation is 3. The first-order chi connectivity index (χ1) is 12.7. The van der Waals surface area contributed by atoms with Crippen LogP contribution < -0.4 is 9.64 Å². The standard InChI is InChI=1S/C21H24N4O/c1-15-4-3-9-23-21(15)26-14-16-7-10-25(11-8-16)20-18(13-22)12-17-5-2-6-19(17)24-20/h3-4,9,12,16H,2,5-8,10-11,14H2,1H3. The quantitative estimate of drug-likeness (QED) is 0.847. The normalized spacial score (nSPS) is 17.0. The van der Waals surface area contributed by atoms with E-state index in [0.717, 1.165) is 68.0 Å². The van der Waals surface area contributed by atoms with Gasteiger partial charge < -0.3 is 9.64 Å². The Hall–Kier alpha value is -2.61. The fourth-order valence-electron chi connectivity index (χ4n) is 3.92. The second kappa shape index (κ2) is 7.33. The summed E-state index contributed by atoms with van der Waals surface area (Å²) in [4.78, 5) is 11.4. The minimum atomic E-state index is 0.521. The van der Waals surface area contributed by atoms with Crippen LogP contribution in [0.5, 0.6) is 5.88 Å². The Bertz CT molecular complexity index is 834. The lowest BCUT2D eigenvalue weighted by molar-refractivity contribution is 0.214. The second-order valence-electron chi connectivity index (χ2n) is 7.30. The largest absolute Gasteiger partial charge is 0.477 e. The number of hydrogen-bond donors (Lipinski definition) is 0. The molecule has 26 heavy (non-hydrogen) atoms. The van der Waals surface area contributed by atoms with E-state index in [1.54, 1.807) is 6.20 Å². The molecule has 1 aliphatic heterocycles. The van der Waals surface area contributed by atoms with E-state index in [1.807, 2.05) is 19.1 Å². The number of fused-ring (bicyclic) bond motifs is 1. The Morgan fingerprint density at radius 2 is 2.15 bits per heavy atom. The molecule has 4 rings (SSSR count). The number of piperidine rings is 1. The molecular weight excluding hydrogens is 324 g/mol. The molecule has 0 spiro atoms. The summed E-state index contributed by atoms with van der Waals surface area (Å²) in [6.45, 7) is 4.58. The van der Waals surface area contributed by atoms with Gasteiger partial charge in [-0.3, -0.25) is 0 Å². The van der Waals surface area contributed by atoms with Crippen LogP contribution in [0.25, 0.3) is 0 Å². The average Bonchev–Trinajstić information content (AvgIpc) is 3.14. The van der Waals surface area contributed by atoms with Gasteiger partial charge in [0.15, 0.2) is 0 Å². The van der Waals surface area contributed by atoms with Gasteiger partial charge in [-0.25, -0.2) is 9.97 Å². The summed E-state index contributed by atoms with van der Waals surface area (Å²) in [5.41, 5.74) is 4.25. The highest BCUT2D eigenvalue weighted by Crippen LogP contribution is 2.30. The number of rotatable bonds is 4. The van der Waals surface area contributed by atoms with Gasteiger partial charge in [-0.2, -0.15) is 5.26 Å². The Labute approximate surface area is 154 Å². The highest BCUT2D eigenvalue weighted by Gasteiger charge is 2.25. The van der Waals surface area contributed by atoms with E-state index in [-0.39, 0.29) is 0 Å². The molecule has 0 radical (unpaired) electrons. The summed E-state index contributed by atoms with van der Waals surface area (Å²) in [5, 5.41) is 9.52. The lowest BCUT2D eigenvalue weighted by atomic mass is 9.97. The molecule has 0 bridgehead atoms. The molecule has 1 saturated heterocycles. The van der Waals surface area contributed by atoms with E-state index in [9.17, 15) is 5.26 Å². The SMILES string of the molecule is Cc1cccnc1OCC1CCN(c2nc3c(cc2C#N)CCC3)CC1. The zero-order chi connectivity index (χ0) is 17.9. The van der Waals surface area contributed by atoms with Crippen molar-refractivity contribution < 1.29 is 4.74 Å². The lowest BCUT2D eigenvalue weighted by Crippen LogP contribution is -2.36. The van der Waals surface area contributed by atoms with E-state index in [2.05, 4.69) is 22.0 Å². The molecule has 0 aromatic carbocycles. The monoisotopic (exact) mass is 348 g/mol. The number of hydrogen-bond acceptors (Lipinski definition) is 5. The second-order valence-corrected chi connectivity index (χ2v) is 7.30. The fraction of sp³-hybridized carbons (Fsp3) is 0.476. The van der Waals surface area contributed by atoms with Gasteiger partial charge in [-0.05, 0) is 62.6 Å². The van der Waals surface area contributed by atoms with E-state index >= 15 is 0 Å². The molecular formula is C21H24N4O. The van der Waals surface area contributed by atoms with Crippen LogP contribution in [0, 0.1) is 24.2 Å². The summed E-state index contributed by atoms with van der Waals surface area (Å²) >= 11 is 0. The Kier molecular flexibility index (Phi) is 4.75. The van der Waals surface area contributed by atoms with Crippen LogP contribution in [-0.2, 0) is 12.8 Å². The van der Waals surface area contributed by atoms with Crippen LogP contribution in [0.2, 0.25) is 0 Å². The van der Waals surface area contributed by atoms with Crippen molar-refractivity contribution in [2.24, 2.45) is 5.92 Å². The maximum Gasteiger partial charge on any atom is 0.216 e. The number of aromatic nitrogens is 2. The van der Waals surface area contributed by atoms with Crippen molar-refractivity contribution in [1.29, 1.82) is 5.26 Å². The van der Waals surface area contributed by atoms with Crippen LogP contribution in [-0.4, -0.2) is 29.7 Å². The number of nitriles is 1. The molecule has 2 aliphatic rings.